The molecule has 0 aliphatic carbocycles. The van der Waals surface area contributed by atoms with E-state index in [1.807, 2.05) is 19.1 Å². The molecule has 1 aromatic carbocycles. The topological polar surface area (TPSA) is 79.5 Å². The summed E-state index contributed by atoms with van der Waals surface area (Å²) in [5, 5.41) is 12.9. The van der Waals surface area contributed by atoms with E-state index in [1.165, 1.54) is 5.56 Å². The Morgan fingerprint density at radius 2 is 2.00 bits per heavy atom. The Hall–Kier alpha value is -2.21. The highest BCUT2D eigenvalue weighted by molar-refractivity contribution is 5.69. The Balaban J connectivity index is 2.08. The summed E-state index contributed by atoms with van der Waals surface area (Å²) in [6.07, 6.45) is 0.866. The summed E-state index contributed by atoms with van der Waals surface area (Å²) in [5.41, 5.74) is 2.15. The Bertz CT molecular complexity index is 635. The molecule has 6 heteroatoms. The molecule has 1 aromatic heterocycles. The van der Waals surface area contributed by atoms with E-state index in [0.29, 0.717) is 30.7 Å². The van der Waals surface area contributed by atoms with Gasteiger partial charge in [0.05, 0.1) is 13.1 Å². The van der Waals surface area contributed by atoms with Crippen LogP contribution in [0.25, 0.3) is 11.4 Å². The Labute approximate surface area is 136 Å². The maximum absolute atomic E-state index is 10.9. The molecule has 0 atom stereocenters. The molecule has 1 heterocycles. The van der Waals surface area contributed by atoms with Gasteiger partial charge < -0.3 is 9.63 Å². The van der Waals surface area contributed by atoms with Crippen LogP contribution in [0.5, 0.6) is 0 Å². The standard InChI is InChI=1S/C17H23N3O3/c1-4-9-20(11-16(21)22)10-15-18-17(19-23-15)14-7-5-13(6-8-14)12(2)3/h5-8,12H,4,9-11H2,1-3H3,(H,21,22). The van der Waals surface area contributed by atoms with Crippen LogP contribution in [0.15, 0.2) is 28.8 Å². The molecule has 0 aliphatic rings. The van der Waals surface area contributed by atoms with Gasteiger partial charge in [0.25, 0.3) is 0 Å². The maximum Gasteiger partial charge on any atom is 0.317 e. The quantitative estimate of drug-likeness (QED) is 0.805. The number of carboxylic acid groups (broad SMARTS) is 1. The maximum atomic E-state index is 10.9. The molecule has 2 aromatic rings. The second-order valence-electron chi connectivity index (χ2n) is 5.89. The minimum Gasteiger partial charge on any atom is -0.480 e. The van der Waals surface area contributed by atoms with Gasteiger partial charge in [-0.1, -0.05) is 50.2 Å². The van der Waals surface area contributed by atoms with E-state index in [-0.39, 0.29) is 6.54 Å². The van der Waals surface area contributed by atoms with Crippen LogP contribution >= 0.6 is 0 Å². The SMILES string of the molecule is CCCN(CC(=O)O)Cc1nc(-c2ccc(C(C)C)cc2)no1. The van der Waals surface area contributed by atoms with Crippen LogP contribution in [0.1, 0.15) is 44.6 Å². The van der Waals surface area contributed by atoms with Gasteiger partial charge in [-0.25, -0.2) is 0 Å². The fourth-order valence-corrected chi connectivity index (χ4v) is 2.37. The summed E-state index contributed by atoms with van der Waals surface area (Å²) in [7, 11) is 0. The zero-order valence-electron chi connectivity index (χ0n) is 13.8. The number of benzene rings is 1. The lowest BCUT2D eigenvalue weighted by atomic mass is 10.0. The molecule has 0 spiro atoms. The largest absolute Gasteiger partial charge is 0.480 e. The van der Waals surface area contributed by atoms with Gasteiger partial charge in [-0.15, -0.1) is 0 Å². The molecular formula is C17H23N3O3. The molecule has 0 radical (unpaired) electrons. The van der Waals surface area contributed by atoms with Crippen LogP contribution < -0.4 is 0 Å². The van der Waals surface area contributed by atoms with E-state index in [4.69, 9.17) is 9.63 Å². The van der Waals surface area contributed by atoms with Gasteiger partial charge in [0.15, 0.2) is 0 Å². The fraction of sp³-hybridized carbons (Fsp3) is 0.471. The molecule has 0 bridgehead atoms. The normalized spacial score (nSPS) is 11.3. The van der Waals surface area contributed by atoms with Crippen molar-refractivity contribution < 1.29 is 14.4 Å². The Morgan fingerprint density at radius 3 is 2.57 bits per heavy atom. The van der Waals surface area contributed by atoms with Gasteiger partial charge in [0.2, 0.25) is 11.7 Å². The fourth-order valence-electron chi connectivity index (χ4n) is 2.37. The molecule has 2 rings (SSSR count). The minimum absolute atomic E-state index is 0.0331. The molecule has 0 saturated heterocycles. The number of aliphatic carboxylic acids is 1. The van der Waals surface area contributed by atoms with E-state index >= 15 is 0 Å². The van der Waals surface area contributed by atoms with Crippen LogP contribution in [0.4, 0.5) is 0 Å². The van der Waals surface area contributed by atoms with Gasteiger partial charge in [-0.05, 0) is 24.4 Å². The molecule has 0 amide bonds. The monoisotopic (exact) mass is 317 g/mol. The molecule has 23 heavy (non-hydrogen) atoms. The summed E-state index contributed by atoms with van der Waals surface area (Å²) in [6.45, 7) is 7.28. The van der Waals surface area contributed by atoms with Crippen molar-refractivity contribution in [2.45, 2.75) is 39.7 Å². The number of hydrogen-bond donors (Lipinski definition) is 1. The predicted octanol–water partition coefficient (Wildman–Crippen LogP) is 3.16. The van der Waals surface area contributed by atoms with Gasteiger partial charge in [-0.2, -0.15) is 4.98 Å². The van der Waals surface area contributed by atoms with Crippen molar-refractivity contribution in [3.05, 3.63) is 35.7 Å². The number of carboxylic acids is 1. The molecule has 0 unspecified atom stereocenters. The number of hydrogen-bond acceptors (Lipinski definition) is 5. The van der Waals surface area contributed by atoms with E-state index in [1.54, 1.807) is 4.90 Å². The van der Waals surface area contributed by atoms with Crippen molar-refractivity contribution in [1.82, 2.24) is 15.0 Å². The summed E-state index contributed by atoms with van der Waals surface area (Å²) in [5.74, 6) is 0.579. The number of aromatic nitrogens is 2. The van der Waals surface area contributed by atoms with Crippen molar-refractivity contribution in [1.29, 1.82) is 0 Å². The highest BCUT2D eigenvalue weighted by Gasteiger charge is 2.15. The van der Waals surface area contributed by atoms with Crippen LogP contribution in [0.2, 0.25) is 0 Å². The summed E-state index contributed by atoms with van der Waals surface area (Å²) in [6, 6.07) is 8.07. The van der Waals surface area contributed by atoms with Crippen LogP contribution in [-0.2, 0) is 11.3 Å². The van der Waals surface area contributed by atoms with Crippen LogP contribution in [-0.4, -0.2) is 39.2 Å². The number of rotatable bonds is 8. The first-order chi connectivity index (χ1) is 11.0. The Morgan fingerprint density at radius 1 is 1.30 bits per heavy atom. The molecular weight excluding hydrogens is 294 g/mol. The second-order valence-corrected chi connectivity index (χ2v) is 5.89. The van der Waals surface area contributed by atoms with E-state index in [9.17, 15) is 4.79 Å². The van der Waals surface area contributed by atoms with Gasteiger partial charge >= 0.3 is 5.97 Å². The summed E-state index contributed by atoms with van der Waals surface area (Å²) >= 11 is 0. The minimum atomic E-state index is -0.859. The van der Waals surface area contributed by atoms with Gasteiger partial charge in [0, 0.05) is 5.56 Å². The highest BCUT2D eigenvalue weighted by Crippen LogP contribution is 2.20. The highest BCUT2D eigenvalue weighted by atomic mass is 16.5. The van der Waals surface area contributed by atoms with Gasteiger partial charge in [0.1, 0.15) is 0 Å². The third-order valence-corrected chi connectivity index (χ3v) is 3.56. The second kappa shape index (κ2) is 7.87. The summed E-state index contributed by atoms with van der Waals surface area (Å²) < 4.78 is 5.26. The van der Waals surface area contributed by atoms with Crippen molar-refractivity contribution in [2.75, 3.05) is 13.1 Å². The first-order valence-corrected chi connectivity index (χ1v) is 7.86. The van der Waals surface area contributed by atoms with E-state index < -0.39 is 5.97 Å². The van der Waals surface area contributed by atoms with Crippen molar-refractivity contribution in [2.24, 2.45) is 0 Å². The molecule has 0 fully saturated rings. The first-order valence-electron chi connectivity index (χ1n) is 7.86. The third-order valence-electron chi connectivity index (χ3n) is 3.56. The zero-order valence-corrected chi connectivity index (χ0v) is 13.8. The third kappa shape index (κ3) is 4.89. The molecule has 0 saturated carbocycles. The molecule has 6 nitrogen and oxygen atoms in total. The molecule has 124 valence electrons. The summed E-state index contributed by atoms with van der Waals surface area (Å²) in [4.78, 5) is 17.0. The van der Waals surface area contributed by atoms with Crippen molar-refractivity contribution in [3.63, 3.8) is 0 Å². The van der Waals surface area contributed by atoms with Crippen molar-refractivity contribution >= 4 is 5.97 Å². The average Bonchev–Trinajstić information content (AvgIpc) is 2.95. The zero-order chi connectivity index (χ0) is 16.8. The van der Waals surface area contributed by atoms with Crippen molar-refractivity contribution in [3.8, 4) is 11.4 Å². The number of carbonyl (C=O) groups is 1. The van der Waals surface area contributed by atoms with Crippen LogP contribution in [0.3, 0.4) is 0 Å². The number of nitrogens with zero attached hydrogens (tertiary/aromatic N) is 3. The van der Waals surface area contributed by atoms with Gasteiger partial charge in [-0.3, -0.25) is 9.69 Å². The lowest BCUT2D eigenvalue weighted by Crippen LogP contribution is -2.30. The average molecular weight is 317 g/mol. The molecule has 0 aliphatic heterocycles. The lowest BCUT2D eigenvalue weighted by Gasteiger charge is -2.16. The first kappa shape index (κ1) is 17.1. The van der Waals surface area contributed by atoms with E-state index in [0.717, 1.165) is 12.0 Å². The Kier molecular flexibility index (Phi) is 5.87. The smallest absolute Gasteiger partial charge is 0.317 e. The predicted molar refractivity (Wildman–Crippen MR) is 87.0 cm³/mol. The van der Waals surface area contributed by atoms with E-state index in [2.05, 4.69) is 36.1 Å². The molecule has 1 N–H and O–H groups in total. The van der Waals surface area contributed by atoms with Crippen LogP contribution in [0, 0.1) is 0 Å². The lowest BCUT2D eigenvalue weighted by molar-refractivity contribution is -0.138.